The van der Waals surface area contributed by atoms with Crippen molar-refractivity contribution in [1.82, 2.24) is 0 Å². The largest absolute Gasteiger partial charge is 0.389 e. The highest BCUT2D eigenvalue weighted by Crippen LogP contribution is 2.20. The molecule has 0 saturated heterocycles. The van der Waals surface area contributed by atoms with E-state index in [0.29, 0.717) is 18.1 Å². The Kier molecular flexibility index (Phi) is 5.50. The molecule has 1 aromatic carbocycles. The minimum atomic E-state index is -0.351. The van der Waals surface area contributed by atoms with Crippen LogP contribution in [0, 0.1) is 11.7 Å². The molecule has 100 valence electrons. The van der Waals surface area contributed by atoms with Crippen molar-refractivity contribution in [2.75, 3.05) is 19.0 Å². The Morgan fingerprint density at radius 1 is 1.50 bits per heavy atom. The van der Waals surface area contributed by atoms with Crippen molar-refractivity contribution in [1.29, 1.82) is 0 Å². The number of benzene rings is 1. The first-order chi connectivity index (χ1) is 8.45. The van der Waals surface area contributed by atoms with E-state index in [2.05, 4.69) is 19.2 Å². The standard InChI is InChI=1S/C13H19FN2OS/c1-8(2)12(7-17-3)16-11-5-4-9(14)6-10(11)13(15)18/h4-6,8,12,16H,7H2,1-3H3,(H2,15,18). The van der Waals surface area contributed by atoms with E-state index in [1.807, 2.05) is 0 Å². The maximum absolute atomic E-state index is 13.2. The summed E-state index contributed by atoms with van der Waals surface area (Å²) >= 11 is 4.93. The van der Waals surface area contributed by atoms with Gasteiger partial charge in [0.2, 0.25) is 0 Å². The number of hydrogen-bond donors (Lipinski definition) is 2. The van der Waals surface area contributed by atoms with Crippen molar-refractivity contribution in [3.05, 3.63) is 29.6 Å². The van der Waals surface area contributed by atoms with Gasteiger partial charge in [-0.1, -0.05) is 26.1 Å². The van der Waals surface area contributed by atoms with Crippen LogP contribution in [-0.2, 0) is 4.74 Å². The lowest BCUT2D eigenvalue weighted by Crippen LogP contribution is -2.31. The molecule has 3 nitrogen and oxygen atoms in total. The average molecular weight is 270 g/mol. The summed E-state index contributed by atoms with van der Waals surface area (Å²) in [5.74, 6) is 0.0189. The zero-order chi connectivity index (χ0) is 13.7. The van der Waals surface area contributed by atoms with Gasteiger partial charge in [-0.3, -0.25) is 0 Å². The Morgan fingerprint density at radius 2 is 2.17 bits per heavy atom. The molecule has 1 unspecified atom stereocenters. The number of halogens is 1. The van der Waals surface area contributed by atoms with Crippen LogP contribution in [0.1, 0.15) is 19.4 Å². The van der Waals surface area contributed by atoms with Gasteiger partial charge in [0.25, 0.3) is 0 Å². The van der Waals surface area contributed by atoms with Crippen molar-refractivity contribution in [3.8, 4) is 0 Å². The van der Waals surface area contributed by atoms with Gasteiger partial charge < -0.3 is 15.8 Å². The van der Waals surface area contributed by atoms with Crippen molar-refractivity contribution in [2.45, 2.75) is 19.9 Å². The van der Waals surface area contributed by atoms with Gasteiger partial charge in [0.15, 0.2) is 0 Å². The van der Waals surface area contributed by atoms with E-state index in [4.69, 9.17) is 22.7 Å². The normalized spacial score (nSPS) is 12.5. The number of methoxy groups -OCH3 is 1. The molecule has 0 aliphatic carbocycles. The highest BCUT2D eigenvalue weighted by Gasteiger charge is 2.15. The van der Waals surface area contributed by atoms with Gasteiger partial charge in [-0.25, -0.2) is 4.39 Å². The van der Waals surface area contributed by atoms with Crippen LogP contribution in [0.15, 0.2) is 18.2 Å². The Hall–Kier alpha value is -1.20. The van der Waals surface area contributed by atoms with Gasteiger partial charge in [-0.05, 0) is 24.1 Å². The lowest BCUT2D eigenvalue weighted by atomic mass is 10.0. The van der Waals surface area contributed by atoms with E-state index in [0.717, 1.165) is 5.69 Å². The number of ether oxygens (including phenoxy) is 1. The van der Waals surface area contributed by atoms with Crippen LogP contribution in [0.25, 0.3) is 0 Å². The number of nitrogens with one attached hydrogen (secondary N) is 1. The Labute approximate surface area is 113 Å². The minimum Gasteiger partial charge on any atom is -0.389 e. The maximum atomic E-state index is 13.2. The third-order valence-electron chi connectivity index (χ3n) is 2.74. The van der Waals surface area contributed by atoms with Crippen LogP contribution in [0.2, 0.25) is 0 Å². The van der Waals surface area contributed by atoms with E-state index in [9.17, 15) is 4.39 Å². The second kappa shape index (κ2) is 6.66. The molecule has 0 radical (unpaired) electrons. The zero-order valence-electron chi connectivity index (χ0n) is 10.9. The first-order valence-corrected chi connectivity index (χ1v) is 6.21. The molecule has 5 heteroatoms. The van der Waals surface area contributed by atoms with Crippen molar-refractivity contribution >= 4 is 22.9 Å². The monoisotopic (exact) mass is 270 g/mol. The minimum absolute atomic E-state index is 0.119. The average Bonchev–Trinajstić information content (AvgIpc) is 2.30. The fourth-order valence-corrected chi connectivity index (χ4v) is 1.80. The molecular formula is C13H19FN2OS. The molecule has 0 fully saturated rings. The molecule has 18 heavy (non-hydrogen) atoms. The summed E-state index contributed by atoms with van der Waals surface area (Å²) in [5.41, 5.74) is 6.86. The van der Waals surface area contributed by atoms with Gasteiger partial charge in [0.1, 0.15) is 10.8 Å². The summed E-state index contributed by atoms with van der Waals surface area (Å²) < 4.78 is 18.3. The number of nitrogens with two attached hydrogens (primary N) is 1. The first-order valence-electron chi connectivity index (χ1n) is 5.80. The van der Waals surface area contributed by atoms with Gasteiger partial charge >= 0.3 is 0 Å². The summed E-state index contributed by atoms with van der Waals surface area (Å²) in [5, 5.41) is 3.30. The molecule has 1 atom stereocenters. The molecular weight excluding hydrogens is 251 g/mol. The first kappa shape index (κ1) is 14.9. The summed E-state index contributed by atoms with van der Waals surface area (Å²) in [6, 6.07) is 4.49. The SMILES string of the molecule is COCC(Nc1ccc(F)cc1C(N)=S)C(C)C. The highest BCUT2D eigenvalue weighted by molar-refractivity contribution is 7.80. The van der Waals surface area contributed by atoms with Crippen LogP contribution in [0.5, 0.6) is 0 Å². The van der Waals surface area contributed by atoms with Crippen molar-refractivity contribution < 1.29 is 9.13 Å². The molecule has 0 aliphatic rings. The quantitative estimate of drug-likeness (QED) is 0.780. The fraction of sp³-hybridized carbons (Fsp3) is 0.462. The third-order valence-corrected chi connectivity index (χ3v) is 2.96. The summed E-state index contributed by atoms with van der Waals surface area (Å²) in [7, 11) is 1.65. The molecule has 0 spiro atoms. The lowest BCUT2D eigenvalue weighted by molar-refractivity contribution is 0.171. The molecule has 0 bridgehead atoms. The third kappa shape index (κ3) is 3.92. The summed E-state index contributed by atoms with van der Waals surface area (Å²) in [6.07, 6.45) is 0. The predicted molar refractivity (Wildman–Crippen MR) is 76.4 cm³/mol. The smallest absolute Gasteiger partial charge is 0.124 e. The molecule has 0 heterocycles. The summed E-state index contributed by atoms with van der Waals surface area (Å²) in [4.78, 5) is 0.178. The Bertz CT molecular complexity index is 423. The molecule has 0 amide bonds. The van der Waals surface area contributed by atoms with Crippen molar-refractivity contribution in [3.63, 3.8) is 0 Å². The number of rotatable bonds is 6. The molecule has 3 N–H and O–H groups in total. The number of hydrogen-bond acceptors (Lipinski definition) is 3. The number of thiocarbonyl (C=S) groups is 1. The van der Waals surface area contributed by atoms with Crippen molar-refractivity contribution in [2.24, 2.45) is 11.7 Å². The molecule has 0 saturated carbocycles. The fourth-order valence-electron chi connectivity index (χ4n) is 1.63. The second-order valence-electron chi connectivity index (χ2n) is 4.50. The van der Waals surface area contributed by atoms with E-state index in [1.165, 1.54) is 12.1 Å². The highest BCUT2D eigenvalue weighted by atomic mass is 32.1. The Balaban J connectivity index is 2.98. The summed E-state index contributed by atoms with van der Waals surface area (Å²) in [6.45, 7) is 4.73. The van der Waals surface area contributed by atoms with Gasteiger partial charge in [0, 0.05) is 18.4 Å². The van der Waals surface area contributed by atoms with Gasteiger partial charge in [0.05, 0.1) is 12.6 Å². The molecule has 0 aliphatic heterocycles. The Morgan fingerprint density at radius 3 is 2.67 bits per heavy atom. The van der Waals surface area contributed by atoms with E-state index in [-0.39, 0.29) is 16.8 Å². The molecule has 0 aromatic heterocycles. The predicted octanol–water partition coefficient (Wildman–Crippen LogP) is 2.54. The van der Waals surface area contributed by atoms with Gasteiger partial charge in [-0.2, -0.15) is 0 Å². The zero-order valence-corrected chi connectivity index (χ0v) is 11.7. The van der Waals surface area contributed by atoms with Crippen LogP contribution in [0.3, 0.4) is 0 Å². The number of anilines is 1. The molecule has 1 rings (SSSR count). The lowest BCUT2D eigenvalue weighted by Gasteiger charge is -2.24. The van der Waals surface area contributed by atoms with E-state index >= 15 is 0 Å². The second-order valence-corrected chi connectivity index (χ2v) is 4.94. The maximum Gasteiger partial charge on any atom is 0.124 e. The van der Waals surface area contributed by atoms with E-state index in [1.54, 1.807) is 13.2 Å². The van der Waals surface area contributed by atoms with Crippen LogP contribution in [0.4, 0.5) is 10.1 Å². The topological polar surface area (TPSA) is 47.3 Å². The molecule has 1 aromatic rings. The van der Waals surface area contributed by atoms with Crippen LogP contribution >= 0.6 is 12.2 Å². The van der Waals surface area contributed by atoms with Gasteiger partial charge in [-0.15, -0.1) is 0 Å². The van der Waals surface area contributed by atoms with Crippen LogP contribution in [-0.4, -0.2) is 24.7 Å². The van der Waals surface area contributed by atoms with Crippen LogP contribution < -0.4 is 11.1 Å². The van der Waals surface area contributed by atoms with E-state index < -0.39 is 0 Å².